The summed E-state index contributed by atoms with van der Waals surface area (Å²) in [7, 11) is -2.37. The normalized spacial score (nSPS) is 16.4. The number of fused-ring (bicyclic) bond motifs is 1. The lowest BCUT2D eigenvalue weighted by molar-refractivity contribution is 0.0962. The molecule has 200 valence electrons. The van der Waals surface area contributed by atoms with Gasteiger partial charge in [-0.3, -0.25) is 13.6 Å². The van der Waals surface area contributed by atoms with Crippen LogP contribution in [-0.4, -0.2) is 38.0 Å². The van der Waals surface area contributed by atoms with E-state index in [4.69, 9.17) is 22.1 Å². The second-order valence-electron chi connectivity index (χ2n) is 9.01. The largest absolute Gasteiger partial charge is 0.484 e. The van der Waals surface area contributed by atoms with Crippen molar-refractivity contribution in [1.82, 2.24) is 14.9 Å². The predicted octanol–water partition coefficient (Wildman–Crippen LogP) is 5.53. The number of hydrogen-bond acceptors (Lipinski definition) is 6. The summed E-state index contributed by atoms with van der Waals surface area (Å²) >= 11 is 7.36. The maximum Gasteiger partial charge on any atom is 0.346 e. The Kier molecular flexibility index (Phi) is 7.54. The van der Waals surface area contributed by atoms with Gasteiger partial charge >= 0.3 is 5.25 Å². The molecule has 5 rings (SSSR count). The zero-order valence-electron chi connectivity index (χ0n) is 20.3. The molecule has 1 aliphatic heterocycles. The summed E-state index contributed by atoms with van der Waals surface area (Å²) in [5.41, 5.74) is 6.87. The first kappa shape index (κ1) is 26.7. The first-order chi connectivity index (χ1) is 18.2. The molecule has 0 saturated carbocycles. The lowest BCUT2D eigenvalue weighted by Gasteiger charge is -2.26. The van der Waals surface area contributed by atoms with E-state index < -0.39 is 33.3 Å². The highest BCUT2D eigenvalue weighted by molar-refractivity contribution is 7.86. The van der Waals surface area contributed by atoms with E-state index in [2.05, 4.69) is 10.3 Å². The summed E-state index contributed by atoms with van der Waals surface area (Å²) in [4.78, 5) is 16.7. The molecule has 0 spiro atoms. The third-order valence-electron chi connectivity index (χ3n) is 6.52. The van der Waals surface area contributed by atoms with Crippen molar-refractivity contribution in [2.24, 2.45) is 5.73 Å². The van der Waals surface area contributed by atoms with Gasteiger partial charge in [0, 0.05) is 27.5 Å². The number of thiophene rings is 1. The fourth-order valence-electron chi connectivity index (χ4n) is 4.50. The third-order valence-corrected chi connectivity index (χ3v) is 9.81. The predicted molar refractivity (Wildman–Crippen MR) is 146 cm³/mol. The van der Waals surface area contributed by atoms with Crippen LogP contribution in [0.3, 0.4) is 0 Å². The summed E-state index contributed by atoms with van der Waals surface area (Å²) < 4.78 is 51.3. The van der Waals surface area contributed by atoms with Crippen molar-refractivity contribution in [1.29, 1.82) is 0 Å². The van der Waals surface area contributed by atoms with Crippen LogP contribution in [0.4, 0.5) is 8.78 Å². The molecule has 4 aromatic rings. The van der Waals surface area contributed by atoms with Crippen LogP contribution in [-0.2, 0) is 16.1 Å². The highest BCUT2D eigenvalue weighted by Gasteiger charge is 2.43. The Balaban J connectivity index is 1.49. The molecule has 7 nitrogen and oxygen atoms in total. The summed E-state index contributed by atoms with van der Waals surface area (Å²) in [6.45, 7) is 2.93. The minimum atomic E-state index is -3.53. The zero-order valence-corrected chi connectivity index (χ0v) is 22.7. The van der Waals surface area contributed by atoms with E-state index in [1.165, 1.54) is 24.5 Å². The molecule has 0 bridgehead atoms. The van der Waals surface area contributed by atoms with Gasteiger partial charge in [-0.05, 0) is 57.1 Å². The van der Waals surface area contributed by atoms with Gasteiger partial charge < -0.3 is 15.8 Å². The second-order valence-corrected chi connectivity index (χ2v) is 12.2. The maximum atomic E-state index is 15.4. The van der Waals surface area contributed by atoms with E-state index in [0.29, 0.717) is 47.0 Å². The van der Waals surface area contributed by atoms with E-state index in [0.717, 1.165) is 16.9 Å². The average molecular weight is 579 g/mol. The number of nitrogens with two attached hydrogens (primary N) is 1. The van der Waals surface area contributed by atoms with Gasteiger partial charge in [-0.15, -0.1) is 11.3 Å². The molecule has 1 saturated heterocycles. The van der Waals surface area contributed by atoms with Crippen molar-refractivity contribution in [2.45, 2.75) is 36.4 Å². The molecule has 38 heavy (non-hydrogen) atoms. The summed E-state index contributed by atoms with van der Waals surface area (Å²) in [6, 6.07) is 12.9. The van der Waals surface area contributed by atoms with Gasteiger partial charge in [-0.25, -0.2) is 4.98 Å². The number of nitrogens with zero attached hydrogens (tertiary/aromatic N) is 2. The molecule has 3 N–H and O–H groups in total. The summed E-state index contributed by atoms with van der Waals surface area (Å²) in [6.07, 6.45) is 1.86. The number of hydrogen-bond donors (Lipinski definition) is 2. The van der Waals surface area contributed by atoms with Gasteiger partial charge in [0.2, 0.25) is 0 Å². The van der Waals surface area contributed by atoms with E-state index in [9.17, 15) is 9.00 Å². The molecular weight excluding hydrogens is 554 g/mol. The number of imidazole rings is 1. The minimum Gasteiger partial charge on any atom is -0.484 e. The second kappa shape index (κ2) is 10.7. The van der Waals surface area contributed by atoms with E-state index in [1.54, 1.807) is 29.7 Å². The molecule has 0 aliphatic carbocycles. The molecule has 1 amide bonds. The standard InChI is InChI=1S/C26H25ClF2N4O3S2/c1-15(18-4-2-3-5-19(18)27)36-22-13-23(37-24(22)25(30)34)33-14-32-20-7-6-16(12-21(20)33)26(28,29)38(35)17-8-10-31-11-9-17/h2-7,12-15,17,31H,8-11H2,1H3,(H2,30,34). The monoisotopic (exact) mass is 578 g/mol. The molecule has 1 aliphatic rings. The number of alkyl halides is 2. The molecule has 2 aromatic heterocycles. The Bertz CT molecular complexity index is 1520. The van der Waals surface area contributed by atoms with Crippen LogP contribution in [0.2, 0.25) is 5.02 Å². The van der Waals surface area contributed by atoms with Crippen molar-refractivity contribution in [3.8, 4) is 10.8 Å². The quantitative estimate of drug-likeness (QED) is 0.286. The van der Waals surface area contributed by atoms with Crippen molar-refractivity contribution < 1.29 is 22.5 Å². The molecule has 12 heteroatoms. The van der Waals surface area contributed by atoms with Crippen molar-refractivity contribution in [3.63, 3.8) is 0 Å². The number of nitrogens with one attached hydrogen (secondary N) is 1. The Morgan fingerprint density at radius 1 is 1.26 bits per heavy atom. The molecule has 1 fully saturated rings. The highest BCUT2D eigenvalue weighted by atomic mass is 35.5. The molecule has 2 atom stereocenters. The van der Waals surface area contributed by atoms with Crippen molar-refractivity contribution >= 4 is 50.7 Å². The van der Waals surface area contributed by atoms with Crippen LogP contribution >= 0.6 is 22.9 Å². The fourth-order valence-corrected chi connectivity index (χ4v) is 7.16. The Hall–Kier alpha value is -2.86. The molecule has 3 heterocycles. The maximum absolute atomic E-state index is 15.4. The van der Waals surface area contributed by atoms with Crippen LogP contribution in [0.5, 0.6) is 5.75 Å². The number of ether oxygens (including phenoxy) is 1. The Labute approximate surface area is 229 Å². The number of piperidine rings is 1. The lowest BCUT2D eigenvalue weighted by Crippen LogP contribution is -2.38. The Morgan fingerprint density at radius 3 is 2.71 bits per heavy atom. The first-order valence-electron chi connectivity index (χ1n) is 12.0. The third kappa shape index (κ3) is 5.07. The Morgan fingerprint density at radius 2 is 2.00 bits per heavy atom. The average Bonchev–Trinajstić information content (AvgIpc) is 3.52. The van der Waals surface area contributed by atoms with Crippen molar-refractivity contribution in [3.05, 3.63) is 75.9 Å². The summed E-state index contributed by atoms with van der Waals surface area (Å²) in [5.74, 6) is -0.433. The number of aromatic nitrogens is 2. The van der Waals surface area contributed by atoms with E-state index in [-0.39, 0.29) is 16.2 Å². The topological polar surface area (TPSA) is 99.2 Å². The molecule has 2 unspecified atom stereocenters. The molecule has 2 aromatic carbocycles. The zero-order chi connectivity index (χ0) is 27.0. The van der Waals surface area contributed by atoms with Gasteiger partial charge in [0.25, 0.3) is 5.91 Å². The number of primary amides is 1. The molecular formula is C26H25ClF2N4O3S2. The van der Waals surface area contributed by atoms with Gasteiger partial charge in [-0.2, -0.15) is 8.78 Å². The van der Waals surface area contributed by atoms with Gasteiger partial charge in [-0.1, -0.05) is 29.8 Å². The van der Waals surface area contributed by atoms with Gasteiger partial charge in [0.05, 0.1) is 21.8 Å². The number of carbonyl (C=O) groups is 1. The van der Waals surface area contributed by atoms with Crippen LogP contribution in [0.1, 0.15) is 46.7 Å². The number of benzene rings is 2. The number of amides is 1. The highest BCUT2D eigenvalue weighted by Crippen LogP contribution is 2.39. The van der Waals surface area contributed by atoms with Crippen molar-refractivity contribution in [2.75, 3.05) is 13.1 Å². The smallest absolute Gasteiger partial charge is 0.346 e. The number of carbonyl (C=O) groups excluding carboxylic acids is 1. The lowest BCUT2D eigenvalue weighted by atomic mass is 10.1. The van der Waals surface area contributed by atoms with E-state index >= 15 is 8.78 Å². The molecule has 0 radical (unpaired) electrons. The number of rotatable bonds is 8. The van der Waals surface area contributed by atoms with Crippen LogP contribution in [0, 0.1) is 0 Å². The summed E-state index contributed by atoms with van der Waals surface area (Å²) in [5, 5.41) is 0.0172. The van der Waals surface area contributed by atoms with Crippen LogP contribution < -0.4 is 15.8 Å². The van der Waals surface area contributed by atoms with Gasteiger partial charge in [0.1, 0.15) is 28.1 Å². The number of halogens is 3. The van der Waals surface area contributed by atoms with Gasteiger partial charge in [0.15, 0.2) is 0 Å². The fraction of sp³-hybridized carbons (Fsp3) is 0.308. The first-order valence-corrected chi connectivity index (χ1v) is 14.4. The SMILES string of the molecule is CC(Oc1cc(-n2cnc3ccc(C(F)(F)S(=O)C4CCNCC4)cc32)sc1C(N)=O)c1ccccc1Cl. The van der Waals surface area contributed by atoms with E-state index in [1.807, 2.05) is 12.1 Å². The minimum absolute atomic E-state index is 0.175. The van der Waals surface area contributed by atoms with Crippen LogP contribution in [0.25, 0.3) is 16.0 Å². The van der Waals surface area contributed by atoms with Crippen LogP contribution in [0.15, 0.2) is 54.9 Å².